The SMILES string of the molecule is N#CCC(=O)NCc1cc(Cl)ccc1OCc1ccccc1F. The lowest BCUT2D eigenvalue weighted by Gasteiger charge is -2.13. The molecule has 4 nitrogen and oxygen atoms in total. The highest BCUT2D eigenvalue weighted by molar-refractivity contribution is 6.30. The minimum absolute atomic E-state index is 0.0629. The molecule has 2 rings (SSSR count). The minimum Gasteiger partial charge on any atom is -0.488 e. The summed E-state index contributed by atoms with van der Waals surface area (Å²) in [5.74, 6) is -0.229. The van der Waals surface area contributed by atoms with Crippen molar-refractivity contribution in [3.63, 3.8) is 0 Å². The van der Waals surface area contributed by atoms with Crippen LogP contribution in [-0.2, 0) is 17.9 Å². The van der Waals surface area contributed by atoms with E-state index in [4.69, 9.17) is 21.6 Å². The number of carbonyl (C=O) groups is 1. The lowest BCUT2D eigenvalue weighted by atomic mass is 10.2. The maximum atomic E-state index is 13.6. The Kier molecular flexibility index (Phi) is 5.95. The molecular weight excluding hydrogens is 319 g/mol. The molecule has 1 N–H and O–H groups in total. The van der Waals surface area contributed by atoms with Crippen LogP contribution in [0.2, 0.25) is 5.02 Å². The van der Waals surface area contributed by atoms with Crippen molar-refractivity contribution >= 4 is 17.5 Å². The van der Waals surface area contributed by atoms with Gasteiger partial charge in [0.15, 0.2) is 0 Å². The Hall–Kier alpha value is -2.58. The molecular formula is C17H14ClFN2O2. The first kappa shape index (κ1) is 16.8. The number of hydrogen-bond donors (Lipinski definition) is 1. The summed E-state index contributed by atoms with van der Waals surface area (Å²) >= 11 is 5.96. The van der Waals surface area contributed by atoms with Crippen LogP contribution in [-0.4, -0.2) is 5.91 Å². The Morgan fingerprint density at radius 2 is 2.04 bits per heavy atom. The lowest BCUT2D eigenvalue weighted by Crippen LogP contribution is -2.22. The Balaban J connectivity index is 2.08. The van der Waals surface area contributed by atoms with Crippen LogP contribution in [0.5, 0.6) is 5.75 Å². The number of hydrogen-bond acceptors (Lipinski definition) is 3. The number of halogens is 2. The number of rotatable bonds is 6. The fraction of sp³-hybridized carbons (Fsp3) is 0.176. The summed E-state index contributed by atoms with van der Waals surface area (Å²) in [6, 6.07) is 13.1. The monoisotopic (exact) mass is 332 g/mol. The summed E-state index contributed by atoms with van der Waals surface area (Å²) in [6.07, 6.45) is -0.216. The third-order valence-electron chi connectivity index (χ3n) is 3.08. The average molecular weight is 333 g/mol. The van der Waals surface area contributed by atoms with Gasteiger partial charge in [0.05, 0.1) is 6.07 Å². The molecule has 0 bridgehead atoms. The van der Waals surface area contributed by atoms with E-state index in [-0.39, 0.29) is 31.3 Å². The van der Waals surface area contributed by atoms with Gasteiger partial charge in [0, 0.05) is 22.7 Å². The molecule has 0 atom stereocenters. The first-order valence-electron chi connectivity index (χ1n) is 6.88. The zero-order chi connectivity index (χ0) is 16.7. The highest BCUT2D eigenvalue weighted by Gasteiger charge is 2.09. The van der Waals surface area contributed by atoms with E-state index in [1.165, 1.54) is 6.07 Å². The molecule has 0 unspecified atom stereocenters. The van der Waals surface area contributed by atoms with Gasteiger partial charge in [-0.05, 0) is 24.3 Å². The van der Waals surface area contributed by atoms with E-state index in [0.29, 0.717) is 21.9 Å². The summed E-state index contributed by atoms with van der Waals surface area (Å²) in [5.41, 5.74) is 1.09. The van der Waals surface area contributed by atoms with Crippen LogP contribution < -0.4 is 10.1 Å². The fourth-order valence-corrected chi connectivity index (χ4v) is 2.12. The standard InChI is InChI=1S/C17H14ClFN2O2/c18-14-5-6-16(13(9-14)10-21-17(22)7-8-20)23-11-12-3-1-2-4-15(12)19/h1-6,9H,7,10-11H2,(H,21,22). The predicted octanol–water partition coefficient (Wildman–Crippen LogP) is 3.59. The van der Waals surface area contributed by atoms with E-state index in [2.05, 4.69) is 5.32 Å². The molecule has 0 aliphatic rings. The number of nitrogens with one attached hydrogen (secondary N) is 1. The van der Waals surface area contributed by atoms with Gasteiger partial charge >= 0.3 is 0 Å². The van der Waals surface area contributed by atoms with Gasteiger partial charge in [-0.2, -0.15) is 5.26 Å². The van der Waals surface area contributed by atoms with Gasteiger partial charge in [0.25, 0.3) is 0 Å². The minimum atomic E-state index is -0.382. The van der Waals surface area contributed by atoms with Gasteiger partial charge in [-0.3, -0.25) is 4.79 Å². The number of benzene rings is 2. The number of nitrogens with zero attached hydrogens (tertiary/aromatic N) is 1. The fourth-order valence-electron chi connectivity index (χ4n) is 1.93. The van der Waals surface area contributed by atoms with Crippen molar-refractivity contribution in [2.75, 3.05) is 0 Å². The van der Waals surface area contributed by atoms with Gasteiger partial charge in [0.2, 0.25) is 5.91 Å². The first-order valence-corrected chi connectivity index (χ1v) is 7.26. The number of nitriles is 1. The van der Waals surface area contributed by atoms with Gasteiger partial charge in [-0.1, -0.05) is 29.8 Å². The van der Waals surface area contributed by atoms with E-state index in [1.807, 2.05) is 0 Å². The molecule has 2 aromatic rings. The van der Waals surface area contributed by atoms with Crippen LogP contribution in [0.3, 0.4) is 0 Å². The Bertz CT molecular complexity index is 744. The van der Waals surface area contributed by atoms with Crippen LogP contribution in [0.1, 0.15) is 17.5 Å². The largest absolute Gasteiger partial charge is 0.488 e. The summed E-state index contributed by atoms with van der Waals surface area (Å²) in [4.78, 5) is 11.4. The molecule has 6 heteroatoms. The summed E-state index contributed by atoms with van der Waals surface area (Å²) in [6.45, 7) is 0.237. The van der Waals surface area contributed by atoms with Gasteiger partial charge < -0.3 is 10.1 Å². The van der Waals surface area contributed by atoms with Crippen molar-refractivity contribution in [1.29, 1.82) is 5.26 Å². The molecule has 0 aliphatic carbocycles. The van der Waals surface area contributed by atoms with Crippen molar-refractivity contribution in [3.8, 4) is 11.8 Å². The van der Waals surface area contributed by atoms with Crippen LogP contribution in [0.4, 0.5) is 4.39 Å². The second-order valence-electron chi connectivity index (χ2n) is 4.74. The molecule has 0 spiro atoms. The van der Waals surface area contributed by atoms with Crippen molar-refractivity contribution in [2.24, 2.45) is 0 Å². The molecule has 0 aliphatic heterocycles. The summed E-state index contributed by atoms with van der Waals surface area (Å²) < 4.78 is 19.2. The van der Waals surface area contributed by atoms with Crippen molar-refractivity contribution < 1.29 is 13.9 Å². The Labute approximate surface area is 138 Å². The Morgan fingerprint density at radius 1 is 1.26 bits per heavy atom. The molecule has 0 aromatic heterocycles. The molecule has 23 heavy (non-hydrogen) atoms. The van der Waals surface area contributed by atoms with Crippen LogP contribution in [0.15, 0.2) is 42.5 Å². The average Bonchev–Trinajstić information content (AvgIpc) is 2.53. The molecule has 118 valence electrons. The molecule has 2 aromatic carbocycles. The maximum Gasteiger partial charge on any atom is 0.234 e. The molecule has 1 amide bonds. The van der Waals surface area contributed by atoms with Crippen LogP contribution in [0, 0.1) is 17.1 Å². The van der Waals surface area contributed by atoms with Crippen molar-refractivity contribution in [1.82, 2.24) is 5.32 Å². The topological polar surface area (TPSA) is 62.1 Å². The first-order chi connectivity index (χ1) is 11.1. The quantitative estimate of drug-likeness (QED) is 0.879. The number of amides is 1. The van der Waals surface area contributed by atoms with Gasteiger partial charge in [0.1, 0.15) is 24.6 Å². The van der Waals surface area contributed by atoms with E-state index in [9.17, 15) is 9.18 Å². The zero-order valence-electron chi connectivity index (χ0n) is 12.2. The Morgan fingerprint density at radius 3 is 2.78 bits per heavy atom. The smallest absolute Gasteiger partial charge is 0.234 e. The summed E-state index contributed by atoms with van der Waals surface area (Å²) in [7, 11) is 0. The van der Waals surface area contributed by atoms with Crippen molar-refractivity contribution in [2.45, 2.75) is 19.6 Å². The number of ether oxygens (including phenoxy) is 1. The van der Waals surface area contributed by atoms with Crippen LogP contribution in [0.25, 0.3) is 0 Å². The zero-order valence-corrected chi connectivity index (χ0v) is 12.9. The summed E-state index contributed by atoms with van der Waals surface area (Å²) in [5, 5.41) is 11.6. The van der Waals surface area contributed by atoms with Gasteiger partial charge in [-0.15, -0.1) is 0 Å². The van der Waals surface area contributed by atoms with Crippen molar-refractivity contribution in [3.05, 3.63) is 64.4 Å². The van der Waals surface area contributed by atoms with E-state index in [0.717, 1.165) is 0 Å². The molecule has 0 fully saturated rings. The van der Waals surface area contributed by atoms with E-state index < -0.39 is 0 Å². The number of carbonyl (C=O) groups excluding carboxylic acids is 1. The molecule has 0 radical (unpaired) electrons. The second kappa shape index (κ2) is 8.16. The molecule has 0 saturated carbocycles. The van der Waals surface area contributed by atoms with E-state index >= 15 is 0 Å². The third kappa shape index (κ3) is 4.97. The van der Waals surface area contributed by atoms with E-state index in [1.54, 1.807) is 42.5 Å². The highest BCUT2D eigenvalue weighted by atomic mass is 35.5. The molecule has 0 heterocycles. The third-order valence-corrected chi connectivity index (χ3v) is 3.31. The van der Waals surface area contributed by atoms with Crippen LogP contribution >= 0.6 is 11.6 Å². The highest BCUT2D eigenvalue weighted by Crippen LogP contribution is 2.24. The van der Waals surface area contributed by atoms with Gasteiger partial charge in [-0.25, -0.2) is 4.39 Å². The lowest BCUT2D eigenvalue weighted by molar-refractivity contribution is -0.120. The maximum absolute atomic E-state index is 13.6. The second-order valence-corrected chi connectivity index (χ2v) is 5.18. The molecule has 0 saturated heterocycles. The normalized spacial score (nSPS) is 9.96. The predicted molar refractivity (Wildman–Crippen MR) is 84.3 cm³/mol.